The molecule has 2 aromatic rings. The van der Waals surface area contributed by atoms with Gasteiger partial charge in [-0.2, -0.15) is 0 Å². The van der Waals surface area contributed by atoms with Crippen molar-refractivity contribution in [2.75, 3.05) is 4.90 Å². The van der Waals surface area contributed by atoms with E-state index in [0.717, 1.165) is 26.7 Å². The monoisotopic (exact) mass is 427 g/mol. The molecule has 0 radical (unpaired) electrons. The lowest BCUT2D eigenvalue weighted by molar-refractivity contribution is -0.113. The minimum absolute atomic E-state index is 0.292. The van der Waals surface area contributed by atoms with Gasteiger partial charge in [0.25, 0.3) is 11.1 Å². The largest absolute Gasteiger partial charge is 0.298 e. The number of hydrogen-bond donors (Lipinski definition) is 0. The molecule has 116 valence electrons. The Balaban J connectivity index is 1.93. The molecule has 0 spiro atoms. The normalized spacial score (nSPS) is 16.5. The molecule has 0 atom stereocenters. The van der Waals surface area contributed by atoms with Crippen molar-refractivity contribution in [2.24, 2.45) is 0 Å². The van der Waals surface area contributed by atoms with E-state index in [1.807, 2.05) is 24.3 Å². The van der Waals surface area contributed by atoms with E-state index in [4.69, 9.17) is 23.2 Å². The van der Waals surface area contributed by atoms with E-state index in [-0.39, 0.29) is 11.1 Å². The molecule has 0 unspecified atom stereocenters. The Morgan fingerprint density at radius 3 is 2.35 bits per heavy atom. The minimum atomic E-state index is -0.374. The lowest BCUT2D eigenvalue weighted by Crippen LogP contribution is -2.27. The van der Waals surface area contributed by atoms with E-state index in [2.05, 4.69) is 15.9 Å². The molecule has 0 aliphatic carbocycles. The maximum absolute atomic E-state index is 12.5. The van der Waals surface area contributed by atoms with Crippen LogP contribution in [0, 0.1) is 0 Å². The third-order valence-electron chi connectivity index (χ3n) is 3.12. The Bertz CT molecular complexity index is 836. The summed E-state index contributed by atoms with van der Waals surface area (Å²) in [5.41, 5.74) is 1.24. The second-order valence-corrected chi connectivity index (χ2v) is 7.39. The molecule has 1 heterocycles. The molecule has 23 heavy (non-hydrogen) atoms. The van der Waals surface area contributed by atoms with Crippen LogP contribution in [0.4, 0.5) is 10.5 Å². The fourth-order valence-corrected chi connectivity index (χ4v) is 3.42. The number of carbonyl (C=O) groups is 2. The first kappa shape index (κ1) is 16.6. The Hall–Kier alpha value is -1.27. The highest BCUT2D eigenvalue weighted by Crippen LogP contribution is 2.37. The van der Waals surface area contributed by atoms with Gasteiger partial charge in [0, 0.05) is 4.47 Å². The summed E-state index contributed by atoms with van der Waals surface area (Å²) in [4.78, 5) is 26.2. The molecular formula is C16H8BrCl2NO2S. The number of rotatable bonds is 2. The van der Waals surface area contributed by atoms with Crippen molar-refractivity contribution in [1.82, 2.24) is 0 Å². The topological polar surface area (TPSA) is 37.4 Å². The number of carbonyl (C=O) groups excluding carboxylic acids is 2. The average Bonchev–Trinajstić information content (AvgIpc) is 2.79. The fourth-order valence-electron chi connectivity index (χ4n) is 2.02. The molecule has 1 aliphatic heterocycles. The van der Waals surface area contributed by atoms with Crippen molar-refractivity contribution in [3.63, 3.8) is 0 Å². The van der Waals surface area contributed by atoms with Gasteiger partial charge in [-0.25, -0.2) is 4.90 Å². The van der Waals surface area contributed by atoms with Gasteiger partial charge in [0.2, 0.25) is 0 Å². The van der Waals surface area contributed by atoms with Crippen molar-refractivity contribution >= 4 is 73.8 Å². The van der Waals surface area contributed by atoms with Crippen LogP contribution in [0.3, 0.4) is 0 Å². The number of thioether (sulfide) groups is 1. The zero-order valence-corrected chi connectivity index (χ0v) is 15.3. The van der Waals surface area contributed by atoms with Crippen molar-refractivity contribution in [3.8, 4) is 0 Å². The maximum Gasteiger partial charge on any atom is 0.298 e. The molecule has 1 fully saturated rings. The quantitative estimate of drug-likeness (QED) is 0.550. The van der Waals surface area contributed by atoms with Gasteiger partial charge in [-0.1, -0.05) is 51.3 Å². The summed E-state index contributed by atoms with van der Waals surface area (Å²) in [5, 5.41) is 0.296. The average molecular weight is 429 g/mol. The van der Waals surface area contributed by atoms with Gasteiger partial charge < -0.3 is 0 Å². The third kappa shape index (κ3) is 3.48. The van der Waals surface area contributed by atoms with Crippen LogP contribution < -0.4 is 4.90 Å². The summed E-state index contributed by atoms with van der Waals surface area (Å²) < 4.78 is 0.943. The van der Waals surface area contributed by atoms with Crippen molar-refractivity contribution in [2.45, 2.75) is 0 Å². The molecule has 3 nitrogen and oxygen atoms in total. The van der Waals surface area contributed by atoms with Gasteiger partial charge in [0.1, 0.15) is 0 Å². The molecule has 1 saturated heterocycles. The number of halogens is 3. The molecule has 0 bridgehead atoms. The first-order valence-electron chi connectivity index (χ1n) is 6.44. The summed E-state index contributed by atoms with van der Waals surface area (Å²) >= 11 is 16.1. The van der Waals surface area contributed by atoms with E-state index >= 15 is 0 Å². The van der Waals surface area contributed by atoms with E-state index in [1.54, 1.807) is 18.2 Å². The SMILES string of the molecule is O=C1S/C(=C\c2ccc(Br)cc2)C(=O)N1c1ccc(Cl)c(Cl)c1. The predicted molar refractivity (Wildman–Crippen MR) is 99.1 cm³/mol. The van der Waals surface area contributed by atoms with Crippen LogP contribution in [0.15, 0.2) is 51.8 Å². The van der Waals surface area contributed by atoms with Gasteiger partial charge in [-0.15, -0.1) is 0 Å². The molecule has 3 rings (SSSR count). The van der Waals surface area contributed by atoms with E-state index in [9.17, 15) is 9.59 Å². The van der Waals surface area contributed by atoms with Gasteiger partial charge in [0.15, 0.2) is 0 Å². The highest BCUT2D eigenvalue weighted by atomic mass is 79.9. The molecule has 0 aromatic heterocycles. The second-order valence-electron chi connectivity index (χ2n) is 4.67. The molecule has 2 aromatic carbocycles. The molecule has 2 amide bonds. The number of hydrogen-bond acceptors (Lipinski definition) is 3. The van der Waals surface area contributed by atoms with Crippen molar-refractivity contribution in [1.29, 1.82) is 0 Å². The third-order valence-corrected chi connectivity index (χ3v) is 5.26. The van der Waals surface area contributed by atoms with Crippen LogP contribution in [-0.4, -0.2) is 11.1 Å². The Kier molecular flexibility index (Phi) is 4.82. The Morgan fingerprint density at radius 1 is 1.00 bits per heavy atom. The number of amides is 2. The summed E-state index contributed by atoms with van der Waals surface area (Å²) in [6.45, 7) is 0. The van der Waals surface area contributed by atoms with E-state index in [0.29, 0.717) is 20.6 Å². The predicted octanol–water partition coefficient (Wildman–Crippen LogP) is 6.00. The molecule has 0 saturated carbocycles. The lowest BCUT2D eigenvalue weighted by atomic mass is 10.2. The van der Waals surface area contributed by atoms with Crippen molar-refractivity contribution in [3.05, 3.63) is 67.5 Å². The number of anilines is 1. The van der Waals surface area contributed by atoms with Crippen LogP contribution in [-0.2, 0) is 4.79 Å². The van der Waals surface area contributed by atoms with Gasteiger partial charge in [0.05, 0.1) is 20.6 Å². The fraction of sp³-hybridized carbons (Fsp3) is 0. The lowest BCUT2D eigenvalue weighted by Gasteiger charge is -2.13. The number of imide groups is 1. The Labute approximate surface area is 155 Å². The standard InChI is InChI=1S/C16H8BrCl2NO2S/c17-10-3-1-9(2-4-10)7-14-15(21)20(16(22)23-14)11-5-6-12(18)13(19)8-11/h1-8H/b14-7-. The van der Waals surface area contributed by atoms with Crippen LogP contribution in [0.2, 0.25) is 10.0 Å². The van der Waals surface area contributed by atoms with E-state index < -0.39 is 0 Å². The van der Waals surface area contributed by atoms with E-state index in [1.165, 1.54) is 6.07 Å². The maximum atomic E-state index is 12.5. The van der Waals surface area contributed by atoms with Crippen LogP contribution in [0.5, 0.6) is 0 Å². The molecule has 1 aliphatic rings. The van der Waals surface area contributed by atoms with Crippen LogP contribution in [0.1, 0.15) is 5.56 Å². The summed E-state index contributed by atoms with van der Waals surface area (Å²) in [7, 11) is 0. The van der Waals surface area contributed by atoms with Gasteiger partial charge in [-0.05, 0) is 53.7 Å². The summed E-state index contributed by atoms with van der Waals surface area (Å²) in [5.74, 6) is -0.374. The smallest absolute Gasteiger partial charge is 0.268 e. The Morgan fingerprint density at radius 2 is 1.70 bits per heavy atom. The number of nitrogens with zero attached hydrogens (tertiary/aromatic N) is 1. The summed E-state index contributed by atoms with van der Waals surface area (Å²) in [6.07, 6.45) is 1.69. The summed E-state index contributed by atoms with van der Waals surface area (Å²) in [6, 6.07) is 12.1. The number of benzene rings is 2. The minimum Gasteiger partial charge on any atom is -0.268 e. The zero-order chi connectivity index (χ0) is 16.6. The zero-order valence-electron chi connectivity index (χ0n) is 11.4. The van der Waals surface area contributed by atoms with Crippen molar-refractivity contribution < 1.29 is 9.59 Å². The molecule has 0 N–H and O–H groups in total. The van der Waals surface area contributed by atoms with Gasteiger partial charge in [-0.3, -0.25) is 9.59 Å². The molecular weight excluding hydrogens is 421 g/mol. The van der Waals surface area contributed by atoms with Gasteiger partial charge >= 0.3 is 0 Å². The second kappa shape index (κ2) is 6.69. The van der Waals surface area contributed by atoms with Crippen LogP contribution in [0.25, 0.3) is 6.08 Å². The highest BCUT2D eigenvalue weighted by molar-refractivity contribution is 9.10. The highest BCUT2D eigenvalue weighted by Gasteiger charge is 2.36. The van der Waals surface area contributed by atoms with Crippen LogP contribution >= 0.6 is 50.9 Å². The molecule has 7 heteroatoms. The first-order valence-corrected chi connectivity index (χ1v) is 8.81. The first-order chi connectivity index (χ1) is 11.0.